The molecule has 6 nitrogen and oxygen atoms in total. The Labute approximate surface area is 148 Å². The molecule has 2 saturated heterocycles. The number of methoxy groups -OCH3 is 1. The van der Waals surface area contributed by atoms with Crippen LogP contribution in [-0.4, -0.2) is 49.6 Å². The molecule has 0 aliphatic carbocycles. The number of nitrogens with two attached hydrogens (primary N) is 1. The number of likely N-dealkylation sites (tertiary alicyclic amines) is 1. The topological polar surface area (TPSA) is 81.9 Å². The molecule has 1 aromatic carbocycles. The van der Waals surface area contributed by atoms with Crippen LogP contribution < -0.4 is 10.5 Å². The summed E-state index contributed by atoms with van der Waals surface area (Å²) in [4.78, 5) is 26.0. The third-order valence-electron chi connectivity index (χ3n) is 5.35. The zero-order valence-corrected chi connectivity index (χ0v) is 14.6. The molecule has 2 amide bonds. The van der Waals surface area contributed by atoms with Crippen LogP contribution in [0.25, 0.3) is 0 Å². The van der Waals surface area contributed by atoms with Crippen LogP contribution in [0.3, 0.4) is 0 Å². The van der Waals surface area contributed by atoms with Gasteiger partial charge in [-0.1, -0.05) is 12.1 Å². The predicted molar refractivity (Wildman–Crippen MR) is 93.0 cm³/mol. The quantitative estimate of drug-likeness (QED) is 0.873. The number of ether oxygens (including phenoxy) is 2. The van der Waals surface area contributed by atoms with E-state index < -0.39 is 0 Å². The molecule has 0 unspecified atom stereocenters. The van der Waals surface area contributed by atoms with Gasteiger partial charge in [-0.3, -0.25) is 9.59 Å². The molecule has 2 aliphatic heterocycles. The molecular weight excluding hydrogens is 320 g/mol. The predicted octanol–water partition coefficient (Wildman–Crippen LogP) is 1.37. The average Bonchev–Trinajstić information content (AvgIpc) is 3.12. The summed E-state index contributed by atoms with van der Waals surface area (Å²) in [5.41, 5.74) is 6.44. The van der Waals surface area contributed by atoms with Crippen LogP contribution in [0.1, 0.15) is 24.8 Å². The number of piperidine rings is 1. The second kappa shape index (κ2) is 7.87. The standard InChI is InChI=1S/C19H26N2O4/c1-24-15-4-2-3-13(11-15)12-17(22)21-8-5-14(6-9-21)18-16(19(20)23)7-10-25-18/h2-4,11,14,16,18H,5-10,12H2,1H3,(H2,20,23)/t16-,18+/m0/s1. The van der Waals surface area contributed by atoms with Crippen LogP contribution in [0.2, 0.25) is 0 Å². The lowest BCUT2D eigenvalue weighted by molar-refractivity contribution is -0.133. The Morgan fingerprint density at radius 2 is 2.04 bits per heavy atom. The molecule has 2 atom stereocenters. The van der Waals surface area contributed by atoms with E-state index in [4.69, 9.17) is 15.2 Å². The van der Waals surface area contributed by atoms with E-state index in [1.165, 1.54) is 0 Å². The summed E-state index contributed by atoms with van der Waals surface area (Å²) >= 11 is 0. The summed E-state index contributed by atoms with van der Waals surface area (Å²) < 4.78 is 11.0. The van der Waals surface area contributed by atoms with Gasteiger partial charge in [0.15, 0.2) is 0 Å². The van der Waals surface area contributed by atoms with Gasteiger partial charge in [-0.2, -0.15) is 0 Å². The van der Waals surface area contributed by atoms with Gasteiger partial charge in [-0.15, -0.1) is 0 Å². The van der Waals surface area contributed by atoms with Gasteiger partial charge in [-0.25, -0.2) is 0 Å². The fourth-order valence-electron chi connectivity index (χ4n) is 3.93. The Balaban J connectivity index is 1.53. The van der Waals surface area contributed by atoms with Crippen LogP contribution in [0.15, 0.2) is 24.3 Å². The highest BCUT2D eigenvalue weighted by atomic mass is 16.5. The Morgan fingerprint density at radius 1 is 1.28 bits per heavy atom. The third-order valence-corrected chi connectivity index (χ3v) is 5.35. The number of hydrogen-bond acceptors (Lipinski definition) is 4. The molecule has 136 valence electrons. The van der Waals surface area contributed by atoms with Crippen molar-refractivity contribution in [3.8, 4) is 5.75 Å². The summed E-state index contributed by atoms with van der Waals surface area (Å²) in [6.07, 6.45) is 2.74. The summed E-state index contributed by atoms with van der Waals surface area (Å²) in [6.45, 7) is 2.02. The molecule has 3 rings (SSSR count). The Kier molecular flexibility index (Phi) is 5.58. The average molecular weight is 346 g/mol. The van der Waals surface area contributed by atoms with Crippen molar-refractivity contribution in [2.45, 2.75) is 31.8 Å². The van der Waals surface area contributed by atoms with Crippen LogP contribution in [-0.2, 0) is 20.7 Å². The summed E-state index contributed by atoms with van der Waals surface area (Å²) in [5.74, 6) is 0.759. The lowest BCUT2D eigenvalue weighted by atomic mass is 9.84. The van der Waals surface area contributed by atoms with Crippen molar-refractivity contribution < 1.29 is 19.1 Å². The first-order valence-corrected chi connectivity index (χ1v) is 8.90. The monoisotopic (exact) mass is 346 g/mol. The number of carbonyl (C=O) groups excluding carboxylic acids is 2. The lowest BCUT2D eigenvalue weighted by Crippen LogP contribution is -2.44. The largest absolute Gasteiger partial charge is 0.497 e. The molecule has 1 aromatic rings. The first-order chi connectivity index (χ1) is 12.1. The van der Waals surface area contributed by atoms with E-state index in [9.17, 15) is 9.59 Å². The van der Waals surface area contributed by atoms with Crippen LogP contribution in [0.5, 0.6) is 5.75 Å². The maximum atomic E-state index is 12.5. The van der Waals surface area contributed by atoms with Gasteiger partial charge in [-0.05, 0) is 42.9 Å². The van der Waals surface area contributed by atoms with Crippen molar-refractivity contribution in [1.29, 1.82) is 0 Å². The molecule has 2 aliphatic rings. The zero-order valence-electron chi connectivity index (χ0n) is 14.6. The van der Waals surface area contributed by atoms with E-state index >= 15 is 0 Å². The second-order valence-corrected chi connectivity index (χ2v) is 6.88. The SMILES string of the molecule is COc1cccc(CC(=O)N2CCC([C@H]3OCC[C@@H]3C(N)=O)CC2)c1. The van der Waals surface area contributed by atoms with Gasteiger partial charge in [0.25, 0.3) is 0 Å². The fraction of sp³-hybridized carbons (Fsp3) is 0.579. The van der Waals surface area contributed by atoms with Gasteiger partial charge in [0.2, 0.25) is 11.8 Å². The van der Waals surface area contributed by atoms with Gasteiger partial charge < -0.3 is 20.1 Å². The molecule has 25 heavy (non-hydrogen) atoms. The van der Waals surface area contributed by atoms with Crippen molar-refractivity contribution in [1.82, 2.24) is 4.90 Å². The maximum absolute atomic E-state index is 12.5. The number of primary amides is 1. The molecule has 2 heterocycles. The van der Waals surface area contributed by atoms with Gasteiger partial charge in [0.05, 0.1) is 25.6 Å². The van der Waals surface area contributed by atoms with Crippen molar-refractivity contribution in [2.24, 2.45) is 17.6 Å². The number of amides is 2. The lowest BCUT2D eigenvalue weighted by Gasteiger charge is -2.35. The van der Waals surface area contributed by atoms with E-state index in [0.717, 1.165) is 30.6 Å². The highest BCUT2D eigenvalue weighted by Crippen LogP contribution is 2.33. The highest BCUT2D eigenvalue weighted by Gasteiger charge is 2.39. The summed E-state index contributed by atoms with van der Waals surface area (Å²) in [6, 6.07) is 7.61. The number of carbonyl (C=O) groups is 2. The minimum atomic E-state index is -0.265. The second-order valence-electron chi connectivity index (χ2n) is 6.88. The highest BCUT2D eigenvalue weighted by molar-refractivity contribution is 5.79. The first kappa shape index (κ1) is 17.7. The number of benzene rings is 1. The van der Waals surface area contributed by atoms with E-state index in [-0.39, 0.29) is 23.8 Å². The van der Waals surface area contributed by atoms with Gasteiger partial charge >= 0.3 is 0 Å². The van der Waals surface area contributed by atoms with E-state index in [0.29, 0.717) is 32.0 Å². The minimum Gasteiger partial charge on any atom is -0.497 e. The van der Waals surface area contributed by atoms with Crippen molar-refractivity contribution >= 4 is 11.8 Å². The zero-order chi connectivity index (χ0) is 17.8. The molecule has 0 spiro atoms. The van der Waals surface area contributed by atoms with Crippen LogP contribution in [0, 0.1) is 11.8 Å². The van der Waals surface area contributed by atoms with Gasteiger partial charge in [0.1, 0.15) is 5.75 Å². The van der Waals surface area contributed by atoms with E-state index in [1.807, 2.05) is 29.2 Å². The summed E-state index contributed by atoms with van der Waals surface area (Å²) in [7, 11) is 1.62. The van der Waals surface area contributed by atoms with Crippen LogP contribution >= 0.6 is 0 Å². The van der Waals surface area contributed by atoms with Crippen molar-refractivity contribution in [3.05, 3.63) is 29.8 Å². The molecule has 2 fully saturated rings. The van der Waals surface area contributed by atoms with Crippen molar-refractivity contribution in [2.75, 3.05) is 26.8 Å². The maximum Gasteiger partial charge on any atom is 0.226 e. The molecular formula is C19H26N2O4. The number of rotatable bonds is 5. The van der Waals surface area contributed by atoms with Crippen molar-refractivity contribution in [3.63, 3.8) is 0 Å². The minimum absolute atomic E-state index is 0.0758. The number of hydrogen-bond donors (Lipinski definition) is 1. The summed E-state index contributed by atoms with van der Waals surface area (Å²) in [5, 5.41) is 0. The van der Waals surface area contributed by atoms with E-state index in [1.54, 1.807) is 7.11 Å². The molecule has 0 radical (unpaired) electrons. The first-order valence-electron chi connectivity index (χ1n) is 8.90. The molecule has 0 saturated carbocycles. The van der Waals surface area contributed by atoms with E-state index in [2.05, 4.69) is 0 Å². The fourth-order valence-corrected chi connectivity index (χ4v) is 3.93. The third kappa shape index (κ3) is 4.12. The molecule has 0 bridgehead atoms. The molecule has 6 heteroatoms. The van der Waals surface area contributed by atoms with Gasteiger partial charge in [0, 0.05) is 19.7 Å². The Morgan fingerprint density at radius 3 is 2.72 bits per heavy atom. The van der Waals surface area contributed by atoms with Crippen LogP contribution in [0.4, 0.5) is 0 Å². The Bertz CT molecular complexity index is 626. The normalized spacial score (nSPS) is 24.3. The molecule has 2 N–H and O–H groups in total. The smallest absolute Gasteiger partial charge is 0.226 e. The Hall–Kier alpha value is -2.08. The molecule has 0 aromatic heterocycles. The number of nitrogens with zero attached hydrogens (tertiary/aromatic N) is 1.